The molecule has 0 saturated heterocycles. The molecule has 4 nitrogen and oxygen atoms in total. The second kappa shape index (κ2) is 11.0. The summed E-state index contributed by atoms with van der Waals surface area (Å²) in [5.74, 6) is 1.80. The predicted molar refractivity (Wildman–Crippen MR) is 132 cm³/mol. The van der Waals surface area contributed by atoms with Crippen LogP contribution >= 0.6 is 0 Å². The molecule has 3 aromatic carbocycles. The van der Waals surface area contributed by atoms with Gasteiger partial charge in [0.15, 0.2) is 0 Å². The Labute approximate surface area is 195 Å². The minimum Gasteiger partial charge on any atom is -0.494 e. The lowest BCUT2D eigenvalue weighted by Crippen LogP contribution is -2.03. The molecule has 0 N–H and O–H groups in total. The van der Waals surface area contributed by atoms with Gasteiger partial charge in [-0.15, -0.1) is 0 Å². The van der Waals surface area contributed by atoms with Gasteiger partial charge >= 0.3 is 0 Å². The number of hydrogen-bond donors (Lipinski definition) is 0. The molecule has 33 heavy (non-hydrogen) atoms. The summed E-state index contributed by atoms with van der Waals surface area (Å²) in [7, 11) is 0. The van der Waals surface area contributed by atoms with E-state index in [0.717, 1.165) is 33.6 Å². The number of aromatic nitrogens is 1. The molecule has 0 amide bonds. The Morgan fingerprint density at radius 2 is 1.39 bits per heavy atom. The fourth-order valence-corrected chi connectivity index (χ4v) is 3.48. The fraction of sp³-hybridized carbons (Fsp3) is 0.138. The zero-order valence-electron chi connectivity index (χ0n) is 18.7. The minimum absolute atomic E-state index is 0.400. The van der Waals surface area contributed by atoms with Crippen LogP contribution in [0.4, 0.5) is 0 Å². The molecule has 0 fully saturated rings. The molecule has 166 valence electrons. The van der Waals surface area contributed by atoms with Crippen LogP contribution < -0.4 is 14.2 Å². The van der Waals surface area contributed by atoms with Gasteiger partial charge in [-0.2, -0.15) is 4.98 Å². The van der Waals surface area contributed by atoms with Crippen molar-refractivity contribution in [2.24, 2.45) is 0 Å². The first-order valence-corrected chi connectivity index (χ1v) is 11.0. The van der Waals surface area contributed by atoms with Gasteiger partial charge in [0.2, 0.25) is 11.8 Å². The number of nitrogens with zero attached hydrogens (tertiary/aromatic N) is 1. The highest BCUT2D eigenvalue weighted by atomic mass is 16.5. The summed E-state index contributed by atoms with van der Waals surface area (Å²) >= 11 is 0. The van der Waals surface area contributed by atoms with Crippen LogP contribution in [0.1, 0.15) is 23.6 Å². The van der Waals surface area contributed by atoms with Gasteiger partial charge in [0.1, 0.15) is 19.0 Å². The van der Waals surface area contributed by atoms with E-state index in [1.54, 1.807) is 0 Å². The maximum absolute atomic E-state index is 6.20. The second-order valence-corrected chi connectivity index (χ2v) is 7.44. The van der Waals surface area contributed by atoms with Crippen molar-refractivity contribution >= 4 is 6.08 Å². The predicted octanol–water partition coefficient (Wildman–Crippen LogP) is 6.95. The van der Waals surface area contributed by atoms with Gasteiger partial charge in [-0.05, 0) is 47.4 Å². The molecule has 4 rings (SSSR count). The van der Waals surface area contributed by atoms with Crippen LogP contribution in [0.25, 0.3) is 17.2 Å². The summed E-state index contributed by atoms with van der Waals surface area (Å²) in [4.78, 5) is 4.71. The third-order valence-corrected chi connectivity index (χ3v) is 5.13. The van der Waals surface area contributed by atoms with Gasteiger partial charge in [0.05, 0.1) is 6.61 Å². The van der Waals surface area contributed by atoms with E-state index in [0.29, 0.717) is 31.6 Å². The molecule has 0 aliphatic heterocycles. The Morgan fingerprint density at radius 1 is 0.727 bits per heavy atom. The van der Waals surface area contributed by atoms with E-state index in [2.05, 4.69) is 6.58 Å². The van der Waals surface area contributed by atoms with Crippen molar-refractivity contribution in [1.29, 1.82) is 0 Å². The van der Waals surface area contributed by atoms with Crippen LogP contribution in [0.2, 0.25) is 0 Å². The van der Waals surface area contributed by atoms with Crippen molar-refractivity contribution in [3.05, 3.63) is 114 Å². The standard InChI is InChI=1S/C29H27NO3/c1-3-24-15-16-25(31-4-2)19-27(24)26-17-18-28(32-20-22-11-7-5-8-12-22)30-29(26)33-21-23-13-9-6-10-14-23/h3,5-19H,1,4,20-21H2,2H3. The van der Waals surface area contributed by atoms with E-state index >= 15 is 0 Å². The van der Waals surface area contributed by atoms with Crippen molar-refractivity contribution in [3.63, 3.8) is 0 Å². The average molecular weight is 438 g/mol. The summed E-state index contributed by atoms with van der Waals surface area (Å²) in [6.45, 7) is 7.36. The van der Waals surface area contributed by atoms with E-state index in [-0.39, 0.29) is 0 Å². The topological polar surface area (TPSA) is 40.6 Å². The van der Waals surface area contributed by atoms with Crippen molar-refractivity contribution in [1.82, 2.24) is 4.98 Å². The largest absolute Gasteiger partial charge is 0.494 e. The lowest BCUT2D eigenvalue weighted by Gasteiger charge is -2.16. The SMILES string of the molecule is C=Cc1ccc(OCC)cc1-c1ccc(OCc2ccccc2)nc1OCc1ccccc1. The number of benzene rings is 3. The lowest BCUT2D eigenvalue weighted by molar-refractivity contribution is 0.268. The van der Waals surface area contributed by atoms with E-state index in [9.17, 15) is 0 Å². The summed E-state index contributed by atoms with van der Waals surface area (Å²) in [5, 5.41) is 0. The summed E-state index contributed by atoms with van der Waals surface area (Å²) in [6.07, 6.45) is 1.83. The first kappa shape index (κ1) is 22.2. The van der Waals surface area contributed by atoms with Gasteiger partial charge in [0.25, 0.3) is 0 Å². The van der Waals surface area contributed by atoms with Gasteiger partial charge in [-0.1, -0.05) is 79.4 Å². The summed E-state index contributed by atoms with van der Waals surface area (Å²) in [5.41, 5.74) is 4.92. The molecule has 1 heterocycles. The molecule has 0 spiro atoms. The highest BCUT2D eigenvalue weighted by Gasteiger charge is 2.15. The van der Waals surface area contributed by atoms with Crippen LogP contribution in [0.5, 0.6) is 17.5 Å². The third kappa shape index (κ3) is 5.80. The molecule has 4 heteroatoms. The quantitative estimate of drug-likeness (QED) is 0.269. The first-order valence-electron chi connectivity index (χ1n) is 11.0. The Balaban J connectivity index is 1.67. The summed E-state index contributed by atoms with van der Waals surface area (Å²) in [6, 6.07) is 29.8. The molecule has 0 radical (unpaired) electrons. The monoisotopic (exact) mass is 437 g/mol. The highest BCUT2D eigenvalue weighted by molar-refractivity contribution is 5.79. The fourth-order valence-electron chi connectivity index (χ4n) is 3.48. The van der Waals surface area contributed by atoms with Gasteiger partial charge in [-0.3, -0.25) is 0 Å². The molecule has 0 aliphatic carbocycles. The van der Waals surface area contributed by atoms with Crippen molar-refractivity contribution in [2.75, 3.05) is 6.61 Å². The number of hydrogen-bond acceptors (Lipinski definition) is 4. The van der Waals surface area contributed by atoms with Crippen LogP contribution in [0, 0.1) is 0 Å². The minimum atomic E-state index is 0.400. The van der Waals surface area contributed by atoms with Crippen LogP contribution in [0.3, 0.4) is 0 Å². The smallest absolute Gasteiger partial charge is 0.225 e. The summed E-state index contributed by atoms with van der Waals surface area (Å²) < 4.78 is 17.9. The van der Waals surface area contributed by atoms with E-state index in [1.807, 2.05) is 104 Å². The van der Waals surface area contributed by atoms with Crippen molar-refractivity contribution < 1.29 is 14.2 Å². The molecule has 1 aromatic heterocycles. The molecule has 0 atom stereocenters. The van der Waals surface area contributed by atoms with E-state index in [4.69, 9.17) is 19.2 Å². The highest BCUT2D eigenvalue weighted by Crippen LogP contribution is 2.36. The van der Waals surface area contributed by atoms with Gasteiger partial charge in [-0.25, -0.2) is 0 Å². The van der Waals surface area contributed by atoms with E-state index in [1.165, 1.54) is 0 Å². The first-order chi connectivity index (χ1) is 16.3. The Kier molecular flexibility index (Phi) is 7.39. The molecular weight excluding hydrogens is 410 g/mol. The van der Waals surface area contributed by atoms with Crippen LogP contribution in [0.15, 0.2) is 97.6 Å². The maximum Gasteiger partial charge on any atom is 0.225 e. The molecule has 0 unspecified atom stereocenters. The Morgan fingerprint density at radius 3 is 2.03 bits per heavy atom. The lowest BCUT2D eigenvalue weighted by atomic mass is 10.00. The van der Waals surface area contributed by atoms with Gasteiger partial charge < -0.3 is 14.2 Å². The second-order valence-electron chi connectivity index (χ2n) is 7.44. The molecule has 0 aliphatic rings. The van der Waals surface area contributed by atoms with Crippen molar-refractivity contribution in [2.45, 2.75) is 20.1 Å². The Hall–Kier alpha value is -4.05. The molecule has 0 bridgehead atoms. The maximum atomic E-state index is 6.20. The molecule has 0 saturated carbocycles. The van der Waals surface area contributed by atoms with Crippen molar-refractivity contribution in [3.8, 4) is 28.6 Å². The Bertz CT molecular complexity index is 1190. The molecule has 4 aromatic rings. The normalized spacial score (nSPS) is 10.5. The zero-order chi connectivity index (χ0) is 22.9. The zero-order valence-corrected chi connectivity index (χ0v) is 18.7. The number of pyridine rings is 1. The average Bonchev–Trinajstić information content (AvgIpc) is 2.88. The van der Waals surface area contributed by atoms with Crippen LogP contribution in [-0.4, -0.2) is 11.6 Å². The number of rotatable bonds is 10. The van der Waals surface area contributed by atoms with E-state index < -0.39 is 0 Å². The third-order valence-electron chi connectivity index (χ3n) is 5.13. The number of ether oxygens (including phenoxy) is 3. The molecular formula is C29H27NO3. The van der Waals surface area contributed by atoms with Gasteiger partial charge in [0, 0.05) is 11.6 Å². The van der Waals surface area contributed by atoms with Crippen LogP contribution in [-0.2, 0) is 13.2 Å².